The number of carbonyl (C=O) groups excluding carboxylic acids is 1. The number of ether oxygens (including phenoxy) is 2. The normalized spacial score (nSPS) is 10.9. The van der Waals surface area contributed by atoms with E-state index in [2.05, 4.69) is 21.2 Å². The zero-order chi connectivity index (χ0) is 22.4. The molecule has 0 saturated heterocycles. The van der Waals surface area contributed by atoms with Gasteiger partial charge < -0.3 is 14.8 Å². The highest BCUT2D eigenvalue weighted by Crippen LogP contribution is 2.30. The van der Waals surface area contributed by atoms with Crippen molar-refractivity contribution in [1.29, 1.82) is 0 Å². The Morgan fingerprint density at radius 1 is 0.968 bits per heavy atom. The Bertz CT molecular complexity index is 1150. The number of carbonyl (C=O) groups is 1. The molecule has 0 saturated carbocycles. The minimum Gasteiger partial charge on any atom is -0.497 e. The van der Waals surface area contributed by atoms with Crippen molar-refractivity contribution < 1.29 is 22.7 Å². The Morgan fingerprint density at radius 3 is 2.26 bits per heavy atom. The molecule has 1 N–H and O–H groups in total. The summed E-state index contributed by atoms with van der Waals surface area (Å²) in [7, 11) is -0.979. The molecule has 0 unspecified atom stereocenters. The van der Waals surface area contributed by atoms with Gasteiger partial charge in [-0.15, -0.1) is 0 Å². The van der Waals surface area contributed by atoms with Crippen LogP contribution in [-0.2, 0) is 14.8 Å². The molecule has 0 radical (unpaired) electrons. The van der Waals surface area contributed by atoms with Gasteiger partial charge in [0.05, 0.1) is 30.5 Å². The number of halogens is 1. The van der Waals surface area contributed by atoms with E-state index in [1.54, 1.807) is 60.7 Å². The lowest BCUT2D eigenvalue weighted by Crippen LogP contribution is -2.38. The largest absolute Gasteiger partial charge is 0.497 e. The van der Waals surface area contributed by atoms with E-state index >= 15 is 0 Å². The lowest BCUT2D eigenvalue weighted by atomic mass is 10.2. The highest BCUT2D eigenvalue weighted by molar-refractivity contribution is 9.10. The second-order valence-corrected chi connectivity index (χ2v) is 9.19. The predicted octanol–water partition coefficient (Wildman–Crippen LogP) is 4.30. The number of nitrogens with one attached hydrogen (secondary N) is 1. The molecule has 3 aromatic rings. The van der Waals surface area contributed by atoms with Crippen molar-refractivity contribution in [2.75, 3.05) is 30.4 Å². The van der Waals surface area contributed by atoms with E-state index in [-0.39, 0.29) is 4.90 Å². The first-order chi connectivity index (χ1) is 14.8. The summed E-state index contributed by atoms with van der Waals surface area (Å²) in [5, 5.41) is 2.71. The maximum absolute atomic E-state index is 13.3. The van der Waals surface area contributed by atoms with Crippen LogP contribution in [0.25, 0.3) is 0 Å². The molecule has 7 nitrogen and oxygen atoms in total. The molecule has 1 amide bonds. The van der Waals surface area contributed by atoms with Gasteiger partial charge in [-0.25, -0.2) is 8.42 Å². The van der Waals surface area contributed by atoms with E-state index in [4.69, 9.17) is 9.47 Å². The van der Waals surface area contributed by atoms with Gasteiger partial charge in [0.2, 0.25) is 5.91 Å². The van der Waals surface area contributed by atoms with Gasteiger partial charge in [0.1, 0.15) is 18.0 Å². The average molecular weight is 505 g/mol. The van der Waals surface area contributed by atoms with Crippen molar-refractivity contribution >= 4 is 43.2 Å². The van der Waals surface area contributed by atoms with Gasteiger partial charge in [0.15, 0.2) is 0 Å². The molecule has 162 valence electrons. The molecule has 0 fully saturated rings. The van der Waals surface area contributed by atoms with Gasteiger partial charge in [0.25, 0.3) is 10.0 Å². The summed E-state index contributed by atoms with van der Waals surface area (Å²) in [6.07, 6.45) is 0. The lowest BCUT2D eigenvalue weighted by Gasteiger charge is -2.24. The molecule has 0 aliphatic carbocycles. The molecule has 31 heavy (non-hydrogen) atoms. The highest BCUT2D eigenvalue weighted by Gasteiger charge is 2.27. The van der Waals surface area contributed by atoms with Crippen molar-refractivity contribution in [3.63, 3.8) is 0 Å². The van der Waals surface area contributed by atoms with Gasteiger partial charge in [-0.05, 0) is 48.5 Å². The smallest absolute Gasteiger partial charge is 0.264 e. The van der Waals surface area contributed by atoms with Crippen molar-refractivity contribution in [3.8, 4) is 11.5 Å². The number of methoxy groups -OCH3 is 2. The summed E-state index contributed by atoms with van der Waals surface area (Å²) in [5.74, 6) is 0.442. The quantitative estimate of drug-likeness (QED) is 0.494. The van der Waals surface area contributed by atoms with E-state index in [9.17, 15) is 13.2 Å². The number of rotatable bonds is 8. The number of nitrogens with zero attached hydrogens (tertiary/aromatic N) is 1. The average Bonchev–Trinajstić information content (AvgIpc) is 2.79. The van der Waals surface area contributed by atoms with Crippen LogP contribution in [0.3, 0.4) is 0 Å². The van der Waals surface area contributed by atoms with Crippen LogP contribution in [0.4, 0.5) is 11.4 Å². The molecule has 0 spiro atoms. The summed E-state index contributed by atoms with van der Waals surface area (Å²) < 4.78 is 38.9. The van der Waals surface area contributed by atoms with E-state index in [1.807, 2.05) is 0 Å². The van der Waals surface area contributed by atoms with Crippen molar-refractivity contribution in [3.05, 3.63) is 77.3 Å². The van der Waals surface area contributed by atoms with Crippen LogP contribution >= 0.6 is 15.9 Å². The second kappa shape index (κ2) is 9.84. The Kier molecular flexibility index (Phi) is 7.19. The van der Waals surface area contributed by atoms with Crippen LogP contribution < -0.4 is 19.1 Å². The third kappa shape index (κ3) is 5.36. The van der Waals surface area contributed by atoms with Crippen LogP contribution in [0.1, 0.15) is 0 Å². The number of amides is 1. The summed E-state index contributed by atoms with van der Waals surface area (Å²) in [6.45, 7) is -0.423. The van der Waals surface area contributed by atoms with Gasteiger partial charge in [0, 0.05) is 10.5 Å². The minimum atomic E-state index is -3.97. The van der Waals surface area contributed by atoms with Crippen LogP contribution in [0.15, 0.2) is 82.2 Å². The fourth-order valence-corrected chi connectivity index (χ4v) is 4.57. The SMILES string of the molecule is COc1ccc(NC(=O)CN(c2ccc(Br)cc2)S(=O)(=O)c2ccccc2)c(OC)c1. The summed E-state index contributed by atoms with van der Waals surface area (Å²) in [5.41, 5.74) is 0.769. The van der Waals surface area contributed by atoms with Crippen molar-refractivity contribution in [2.45, 2.75) is 4.90 Å². The molecule has 0 bridgehead atoms. The molecule has 0 heterocycles. The third-order valence-electron chi connectivity index (χ3n) is 4.42. The zero-order valence-corrected chi connectivity index (χ0v) is 19.3. The van der Waals surface area contributed by atoms with Gasteiger partial charge in [-0.3, -0.25) is 9.10 Å². The summed E-state index contributed by atoms with van der Waals surface area (Å²) in [4.78, 5) is 12.9. The lowest BCUT2D eigenvalue weighted by molar-refractivity contribution is -0.114. The number of benzene rings is 3. The standard InChI is InChI=1S/C22H21BrN2O5S/c1-29-18-12-13-20(21(14-18)30-2)24-22(26)15-25(17-10-8-16(23)9-11-17)31(27,28)19-6-4-3-5-7-19/h3-14H,15H2,1-2H3,(H,24,26). The van der Waals surface area contributed by atoms with Gasteiger partial charge in [-0.2, -0.15) is 0 Å². The Morgan fingerprint density at radius 2 is 1.65 bits per heavy atom. The molecule has 3 rings (SSSR count). The summed E-state index contributed by atoms with van der Waals surface area (Å²) >= 11 is 3.34. The second-order valence-electron chi connectivity index (χ2n) is 6.42. The molecule has 9 heteroatoms. The van der Waals surface area contributed by atoms with E-state index < -0.39 is 22.5 Å². The molecule has 0 atom stereocenters. The molecule has 0 aromatic heterocycles. The van der Waals surface area contributed by atoms with E-state index in [0.29, 0.717) is 22.9 Å². The Hall–Kier alpha value is -3.04. The van der Waals surface area contributed by atoms with E-state index in [1.165, 1.54) is 26.4 Å². The first-order valence-corrected chi connectivity index (χ1v) is 11.4. The summed E-state index contributed by atoms with van der Waals surface area (Å²) in [6, 6.07) is 19.6. The zero-order valence-electron chi connectivity index (χ0n) is 16.9. The van der Waals surface area contributed by atoms with Gasteiger partial charge in [-0.1, -0.05) is 34.1 Å². The molecule has 3 aromatic carbocycles. The number of hydrogen-bond donors (Lipinski definition) is 1. The number of sulfonamides is 1. The van der Waals surface area contributed by atoms with Gasteiger partial charge >= 0.3 is 0 Å². The molecular formula is C22H21BrN2O5S. The molecule has 0 aliphatic heterocycles. The first kappa shape index (κ1) is 22.6. The first-order valence-electron chi connectivity index (χ1n) is 9.20. The minimum absolute atomic E-state index is 0.0905. The van der Waals surface area contributed by atoms with Crippen molar-refractivity contribution in [1.82, 2.24) is 0 Å². The fourth-order valence-electron chi connectivity index (χ4n) is 2.86. The maximum atomic E-state index is 13.3. The third-order valence-corrected chi connectivity index (χ3v) is 6.73. The van der Waals surface area contributed by atoms with Crippen LogP contribution in [0, 0.1) is 0 Å². The van der Waals surface area contributed by atoms with Crippen LogP contribution in [-0.4, -0.2) is 35.1 Å². The maximum Gasteiger partial charge on any atom is 0.264 e. The van der Waals surface area contributed by atoms with E-state index in [0.717, 1.165) is 8.78 Å². The highest BCUT2D eigenvalue weighted by atomic mass is 79.9. The molecular weight excluding hydrogens is 484 g/mol. The number of anilines is 2. The Balaban J connectivity index is 1.92. The molecule has 0 aliphatic rings. The van der Waals surface area contributed by atoms with Crippen molar-refractivity contribution in [2.24, 2.45) is 0 Å². The number of hydrogen-bond acceptors (Lipinski definition) is 5. The van der Waals surface area contributed by atoms with Crippen LogP contribution in [0.5, 0.6) is 11.5 Å². The predicted molar refractivity (Wildman–Crippen MR) is 123 cm³/mol. The fraction of sp³-hybridized carbons (Fsp3) is 0.136. The topological polar surface area (TPSA) is 84.9 Å². The van der Waals surface area contributed by atoms with Crippen LogP contribution in [0.2, 0.25) is 0 Å². The Labute approximate surface area is 189 Å². The monoisotopic (exact) mass is 504 g/mol.